The molecule has 0 aliphatic carbocycles. The van der Waals surface area contributed by atoms with E-state index in [0.29, 0.717) is 5.69 Å². The quantitative estimate of drug-likeness (QED) is 0.607. The van der Waals surface area contributed by atoms with Crippen molar-refractivity contribution in [2.24, 2.45) is 0 Å². The van der Waals surface area contributed by atoms with Crippen molar-refractivity contribution in [3.63, 3.8) is 0 Å². The van der Waals surface area contributed by atoms with E-state index in [4.69, 9.17) is 0 Å². The lowest BCUT2D eigenvalue weighted by molar-refractivity contribution is 0.104. The van der Waals surface area contributed by atoms with Crippen molar-refractivity contribution in [3.05, 3.63) is 60.2 Å². The largest absolute Gasteiger partial charge is 0.359 e. The highest BCUT2D eigenvalue weighted by atomic mass is 16.1. The maximum atomic E-state index is 11.5. The topological polar surface area (TPSA) is 45.8 Å². The lowest BCUT2D eigenvalue weighted by Crippen LogP contribution is -1.93. The van der Waals surface area contributed by atoms with Gasteiger partial charge in [-0.1, -0.05) is 6.07 Å². The van der Waals surface area contributed by atoms with Gasteiger partial charge in [-0.25, -0.2) is 0 Å². The summed E-state index contributed by atoms with van der Waals surface area (Å²) in [6.07, 6.45) is 8.41. The fourth-order valence-corrected chi connectivity index (χ4v) is 1.22. The normalized spacial score (nSPS) is 10.7. The van der Waals surface area contributed by atoms with Gasteiger partial charge in [0, 0.05) is 18.6 Å². The van der Waals surface area contributed by atoms with E-state index >= 15 is 0 Å². The molecule has 3 nitrogen and oxygen atoms in total. The maximum absolute atomic E-state index is 11.5. The molecule has 0 saturated heterocycles. The van der Waals surface area contributed by atoms with Crippen LogP contribution in [0.1, 0.15) is 16.1 Å². The van der Waals surface area contributed by atoms with E-state index in [1.165, 1.54) is 6.08 Å². The molecule has 0 radical (unpaired) electrons. The van der Waals surface area contributed by atoms with Crippen LogP contribution in [-0.4, -0.2) is 15.8 Å². The van der Waals surface area contributed by atoms with Crippen molar-refractivity contribution in [2.75, 3.05) is 0 Å². The maximum Gasteiger partial charge on any atom is 0.201 e. The summed E-state index contributed by atoms with van der Waals surface area (Å²) < 4.78 is 0. The monoisotopic (exact) mass is 198 g/mol. The van der Waals surface area contributed by atoms with Gasteiger partial charge < -0.3 is 4.98 Å². The van der Waals surface area contributed by atoms with Gasteiger partial charge in [-0.05, 0) is 35.9 Å². The standard InChI is InChI=1S/C12H10N2O/c15-12(11-4-2-8-14-11)6-5-10-3-1-7-13-9-10/h1-9,14H/b6-5+. The van der Waals surface area contributed by atoms with Crippen LogP contribution < -0.4 is 0 Å². The Morgan fingerprint density at radius 3 is 2.93 bits per heavy atom. The Balaban J connectivity index is 2.10. The minimum atomic E-state index is -0.0381. The molecule has 0 bridgehead atoms. The molecule has 0 aliphatic heterocycles. The van der Waals surface area contributed by atoms with Crippen LogP contribution in [0.5, 0.6) is 0 Å². The van der Waals surface area contributed by atoms with E-state index in [1.54, 1.807) is 36.8 Å². The number of pyridine rings is 1. The van der Waals surface area contributed by atoms with Crippen molar-refractivity contribution in [3.8, 4) is 0 Å². The lowest BCUT2D eigenvalue weighted by atomic mass is 10.2. The Kier molecular flexibility index (Phi) is 2.74. The second kappa shape index (κ2) is 4.37. The van der Waals surface area contributed by atoms with Gasteiger partial charge in [0.05, 0.1) is 5.69 Å². The smallest absolute Gasteiger partial charge is 0.201 e. The van der Waals surface area contributed by atoms with Gasteiger partial charge in [-0.2, -0.15) is 0 Å². The average molecular weight is 198 g/mol. The summed E-state index contributed by atoms with van der Waals surface area (Å²) in [5.41, 5.74) is 1.51. The van der Waals surface area contributed by atoms with Crippen molar-refractivity contribution < 1.29 is 4.79 Å². The van der Waals surface area contributed by atoms with E-state index in [2.05, 4.69) is 9.97 Å². The van der Waals surface area contributed by atoms with Gasteiger partial charge in [-0.3, -0.25) is 9.78 Å². The number of ketones is 1. The summed E-state index contributed by atoms with van der Waals surface area (Å²) in [4.78, 5) is 18.4. The zero-order valence-corrected chi connectivity index (χ0v) is 8.05. The second-order valence-corrected chi connectivity index (χ2v) is 3.07. The fourth-order valence-electron chi connectivity index (χ4n) is 1.22. The molecule has 2 aromatic rings. The third-order valence-electron chi connectivity index (χ3n) is 1.97. The first-order chi connectivity index (χ1) is 7.36. The molecule has 2 heterocycles. The van der Waals surface area contributed by atoms with Gasteiger partial charge in [0.1, 0.15) is 0 Å². The molecule has 74 valence electrons. The Morgan fingerprint density at radius 2 is 2.27 bits per heavy atom. The Bertz CT molecular complexity index is 458. The molecular formula is C12H10N2O. The molecule has 2 aromatic heterocycles. The molecule has 1 N–H and O–H groups in total. The SMILES string of the molecule is O=C(/C=C/c1cccnc1)c1ccc[nH]1. The molecule has 3 heteroatoms. The molecule has 0 saturated carbocycles. The molecule has 0 spiro atoms. The minimum Gasteiger partial charge on any atom is -0.359 e. The van der Waals surface area contributed by atoms with Gasteiger partial charge in [0.25, 0.3) is 0 Å². The Hall–Kier alpha value is -2.16. The Labute approximate surface area is 87.5 Å². The number of hydrogen-bond acceptors (Lipinski definition) is 2. The summed E-state index contributed by atoms with van der Waals surface area (Å²) in [7, 11) is 0. The van der Waals surface area contributed by atoms with E-state index in [1.807, 2.05) is 12.1 Å². The predicted molar refractivity (Wildman–Crippen MR) is 58.4 cm³/mol. The lowest BCUT2D eigenvalue weighted by Gasteiger charge is -1.91. The summed E-state index contributed by atoms with van der Waals surface area (Å²) in [5.74, 6) is -0.0381. The van der Waals surface area contributed by atoms with Gasteiger partial charge in [0.15, 0.2) is 0 Å². The Morgan fingerprint density at radius 1 is 1.33 bits per heavy atom. The second-order valence-electron chi connectivity index (χ2n) is 3.07. The van der Waals surface area contributed by atoms with E-state index in [0.717, 1.165) is 5.56 Å². The number of hydrogen-bond donors (Lipinski definition) is 1. The number of rotatable bonds is 3. The number of carbonyl (C=O) groups excluding carboxylic acids is 1. The number of allylic oxidation sites excluding steroid dienone is 1. The molecule has 0 atom stereocenters. The van der Waals surface area contributed by atoms with Gasteiger partial charge in [0.2, 0.25) is 5.78 Å². The molecule has 0 aromatic carbocycles. The highest BCUT2D eigenvalue weighted by Gasteiger charge is 2.00. The van der Waals surface area contributed by atoms with Crippen molar-refractivity contribution in [1.29, 1.82) is 0 Å². The predicted octanol–water partition coefficient (Wildman–Crippen LogP) is 2.31. The minimum absolute atomic E-state index is 0.0381. The number of aromatic amines is 1. The first-order valence-electron chi connectivity index (χ1n) is 4.62. The van der Waals surface area contributed by atoms with Crippen molar-refractivity contribution in [2.45, 2.75) is 0 Å². The van der Waals surface area contributed by atoms with Crippen LogP contribution in [0.25, 0.3) is 6.08 Å². The third-order valence-corrected chi connectivity index (χ3v) is 1.97. The molecule has 0 fully saturated rings. The number of H-pyrrole nitrogens is 1. The van der Waals surface area contributed by atoms with Gasteiger partial charge in [-0.15, -0.1) is 0 Å². The van der Waals surface area contributed by atoms with Crippen LogP contribution >= 0.6 is 0 Å². The zero-order chi connectivity index (χ0) is 10.5. The van der Waals surface area contributed by atoms with Crippen LogP contribution in [0.15, 0.2) is 48.9 Å². The number of carbonyl (C=O) groups is 1. The van der Waals surface area contributed by atoms with Gasteiger partial charge >= 0.3 is 0 Å². The molecule has 2 rings (SSSR count). The molecule has 0 unspecified atom stereocenters. The summed E-state index contributed by atoms with van der Waals surface area (Å²) in [5, 5.41) is 0. The fraction of sp³-hybridized carbons (Fsp3) is 0. The summed E-state index contributed by atoms with van der Waals surface area (Å²) in [6, 6.07) is 7.27. The summed E-state index contributed by atoms with van der Waals surface area (Å²) >= 11 is 0. The highest BCUT2D eigenvalue weighted by Crippen LogP contribution is 2.02. The van der Waals surface area contributed by atoms with Crippen LogP contribution in [0.2, 0.25) is 0 Å². The molecular weight excluding hydrogens is 188 g/mol. The third kappa shape index (κ3) is 2.40. The number of nitrogens with zero attached hydrogens (tertiary/aromatic N) is 1. The first kappa shape index (κ1) is 9.40. The van der Waals surface area contributed by atoms with E-state index in [9.17, 15) is 4.79 Å². The van der Waals surface area contributed by atoms with Crippen LogP contribution in [0.4, 0.5) is 0 Å². The molecule has 0 aliphatic rings. The molecule has 0 amide bonds. The van der Waals surface area contributed by atoms with Crippen LogP contribution in [-0.2, 0) is 0 Å². The van der Waals surface area contributed by atoms with Crippen LogP contribution in [0.3, 0.4) is 0 Å². The number of aromatic nitrogens is 2. The van der Waals surface area contributed by atoms with Crippen molar-refractivity contribution in [1.82, 2.24) is 9.97 Å². The van der Waals surface area contributed by atoms with E-state index in [-0.39, 0.29) is 5.78 Å². The van der Waals surface area contributed by atoms with E-state index < -0.39 is 0 Å². The number of nitrogens with one attached hydrogen (secondary N) is 1. The zero-order valence-electron chi connectivity index (χ0n) is 8.05. The van der Waals surface area contributed by atoms with Crippen molar-refractivity contribution >= 4 is 11.9 Å². The van der Waals surface area contributed by atoms with Crippen LogP contribution in [0, 0.1) is 0 Å². The molecule has 15 heavy (non-hydrogen) atoms. The first-order valence-corrected chi connectivity index (χ1v) is 4.62. The summed E-state index contributed by atoms with van der Waals surface area (Å²) in [6.45, 7) is 0. The average Bonchev–Trinajstić information content (AvgIpc) is 2.81. The highest BCUT2D eigenvalue weighted by molar-refractivity contribution is 6.05.